The van der Waals surface area contributed by atoms with Crippen LogP contribution in [0.25, 0.3) is 0 Å². The van der Waals surface area contributed by atoms with Crippen molar-refractivity contribution in [3.8, 4) is 0 Å². The second kappa shape index (κ2) is 33.3. The van der Waals surface area contributed by atoms with E-state index in [1.165, 1.54) is 57.8 Å². The maximum atomic E-state index is 12.4. The van der Waals surface area contributed by atoms with Crippen LogP contribution in [0.2, 0.25) is 0 Å². The summed E-state index contributed by atoms with van der Waals surface area (Å²) < 4.78 is 106. The van der Waals surface area contributed by atoms with E-state index in [0.717, 1.165) is 76.9 Å². The van der Waals surface area contributed by atoms with Crippen LogP contribution in [0.4, 0.5) is 0 Å². The molecule has 7 atom stereocenters. The van der Waals surface area contributed by atoms with E-state index in [-0.39, 0.29) is 94.9 Å². The third-order valence-electron chi connectivity index (χ3n) is 16.3. The van der Waals surface area contributed by atoms with Crippen LogP contribution in [0.3, 0.4) is 0 Å². The van der Waals surface area contributed by atoms with Crippen molar-refractivity contribution >= 4 is 74.7 Å². The minimum Gasteiger partial charge on any atom is -0.376 e. The summed E-state index contributed by atoms with van der Waals surface area (Å²) >= 11 is 1.93. The van der Waals surface area contributed by atoms with Crippen molar-refractivity contribution in [3.63, 3.8) is 0 Å². The van der Waals surface area contributed by atoms with E-state index >= 15 is 0 Å². The fraction of sp³-hybridized carbons (Fsp3) is 0.923. The van der Waals surface area contributed by atoms with Gasteiger partial charge in [0.1, 0.15) is 24.2 Å². The second-order valence-corrected chi connectivity index (χ2v) is 32.8. The van der Waals surface area contributed by atoms with Crippen LogP contribution in [0.15, 0.2) is 0 Å². The van der Waals surface area contributed by atoms with Crippen molar-refractivity contribution in [1.29, 1.82) is 0 Å². The molecule has 8 rings (SSSR count). The average Bonchev–Trinajstić information content (AvgIpc) is 4.14. The van der Waals surface area contributed by atoms with Crippen molar-refractivity contribution < 1.29 is 62.3 Å². The standard InChI is InChI=1S/C14H26N2O3S.C13H24N2O4S.C13H24N2O3S2.C12H22N2O4S/c1-15-13-11-20(18,19)9-8-16(14(13)17)10-12-6-4-2-3-5-7-12;2*1-14-12-10-20(17,18)8-6-15(13(12)16)9-11-5-3-2-4-7-19-11;1-13-11-9-19(16,17)7-5-14(12(11)15)8-10-4-2-3-6-18-10/h12-13,15H,2-11H2,1H3;2*11-12,14H,2-10H2,1H3;10-11,13H,2-9H2,1H3. The molecule has 27 heteroatoms. The maximum Gasteiger partial charge on any atom is 0.240 e. The predicted molar refractivity (Wildman–Crippen MR) is 310 cm³/mol. The molecular weight excluding hydrogens is 1120 g/mol. The van der Waals surface area contributed by atoms with E-state index in [4.69, 9.17) is 9.47 Å². The highest BCUT2D eigenvalue weighted by Crippen LogP contribution is 2.27. The summed E-state index contributed by atoms with van der Waals surface area (Å²) in [6.45, 7) is 5.16. The first-order valence-corrected chi connectivity index (χ1v) is 37.4. The van der Waals surface area contributed by atoms with Crippen LogP contribution in [-0.4, -0.2) is 264 Å². The number of carbonyl (C=O) groups excluding carboxylic acids is 4. The number of ether oxygens (including phenoxy) is 2. The molecule has 8 aliphatic rings. The van der Waals surface area contributed by atoms with Gasteiger partial charge in [-0.05, 0) is 97.6 Å². The van der Waals surface area contributed by atoms with Gasteiger partial charge < -0.3 is 50.3 Å². The molecule has 4 N–H and O–H groups in total. The monoisotopic (exact) mass is 1220 g/mol. The Morgan fingerprint density at radius 1 is 0.405 bits per heavy atom. The van der Waals surface area contributed by atoms with Gasteiger partial charge in [0.05, 0.1) is 58.2 Å². The number of hydrogen-bond acceptors (Lipinski definition) is 19. The van der Waals surface area contributed by atoms with Gasteiger partial charge in [-0.15, -0.1) is 0 Å². The molecule has 458 valence electrons. The molecule has 79 heavy (non-hydrogen) atoms. The van der Waals surface area contributed by atoms with E-state index in [1.807, 2.05) is 11.8 Å². The van der Waals surface area contributed by atoms with Crippen molar-refractivity contribution in [2.45, 2.75) is 151 Å². The molecule has 0 aromatic rings. The van der Waals surface area contributed by atoms with E-state index in [2.05, 4.69) is 21.3 Å². The Hall–Kier alpha value is -2.21. The summed E-state index contributed by atoms with van der Waals surface area (Å²) in [5.41, 5.74) is 0. The largest absolute Gasteiger partial charge is 0.376 e. The summed E-state index contributed by atoms with van der Waals surface area (Å²) in [5, 5.41) is 11.8. The molecule has 1 aliphatic carbocycles. The van der Waals surface area contributed by atoms with E-state index in [1.54, 1.807) is 47.8 Å². The van der Waals surface area contributed by atoms with Gasteiger partial charge in [-0.25, -0.2) is 33.7 Å². The lowest BCUT2D eigenvalue weighted by Crippen LogP contribution is -2.49. The van der Waals surface area contributed by atoms with Gasteiger partial charge in [0.2, 0.25) is 23.6 Å². The van der Waals surface area contributed by atoms with Crippen LogP contribution in [0.1, 0.15) is 109 Å². The number of nitrogens with zero attached hydrogens (tertiary/aromatic N) is 4. The Bertz CT molecular complexity index is 2160. The number of hydrogen-bond donors (Lipinski definition) is 4. The SMILES string of the molecule is CNC1CS(=O)(=O)CCN(CC2CCCCCC2)C1=O.CNC1CS(=O)(=O)CCN(CC2CCCCCO2)C1=O.CNC1CS(=O)(=O)CCN(CC2CCCCCS2)C1=O.CNC1CS(=O)(=O)CCN(CC2CCCCO2)C1=O. The minimum absolute atomic E-state index is 0.0414. The van der Waals surface area contributed by atoms with Gasteiger partial charge in [-0.3, -0.25) is 19.2 Å². The highest BCUT2D eigenvalue weighted by atomic mass is 32.2. The first-order valence-electron chi connectivity index (χ1n) is 29.1. The number of likely N-dealkylation sites (N-methyl/N-ethyl adjacent to an activating group) is 4. The molecule has 7 aliphatic heterocycles. The first-order chi connectivity index (χ1) is 37.6. The van der Waals surface area contributed by atoms with Crippen molar-refractivity contribution in [2.24, 2.45) is 5.92 Å². The molecule has 7 saturated heterocycles. The summed E-state index contributed by atoms with van der Waals surface area (Å²) in [5.74, 6) is 1.27. The maximum absolute atomic E-state index is 12.4. The Labute approximate surface area is 477 Å². The summed E-state index contributed by atoms with van der Waals surface area (Å²) in [6, 6.07) is -2.42. The molecule has 7 heterocycles. The Morgan fingerprint density at radius 3 is 1.11 bits per heavy atom. The molecule has 8 fully saturated rings. The van der Waals surface area contributed by atoms with Crippen LogP contribution in [0, 0.1) is 5.92 Å². The highest BCUT2D eigenvalue weighted by molar-refractivity contribution is 7.99. The first kappa shape index (κ1) is 67.6. The normalized spacial score (nSPS) is 31.1. The Balaban J connectivity index is 0.000000194. The number of sulfone groups is 4. The van der Waals surface area contributed by atoms with E-state index in [0.29, 0.717) is 43.9 Å². The molecule has 7 unspecified atom stereocenters. The highest BCUT2D eigenvalue weighted by Gasteiger charge is 2.38. The van der Waals surface area contributed by atoms with E-state index < -0.39 is 63.5 Å². The third-order valence-corrected chi connectivity index (χ3v) is 24.2. The van der Waals surface area contributed by atoms with Crippen LogP contribution in [0.5, 0.6) is 0 Å². The average molecular weight is 1220 g/mol. The van der Waals surface area contributed by atoms with Crippen LogP contribution < -0.4 is 21.3 Å². The molecule has 0 aromatic carbocycles. The number of nitrogens with one attached hydrogen (secondary N) is 4. The zero-order chi connectivity index (χ0) is 57.6. The third kappa shape index (κ3) is 23.4. The summed E-state index contributed by atoms with van der Waals surface area (Å²) in [4.78, 5) is 56.3. The molecule has 0 bridgehead atoms. The smallest absolute Gasteiger partial charge is 0.240 e. The number of carbonyl (C=O) groups is 4. The Kier molecular flexibility index (Phi) is 28.5. The lowest BCUT2D eigenvalue weighted by Gasteiger charge is -2.30. The molecular formula is C52H96N8O14S5. The molecule has 22 nitrogen and oxygen atoms in total. The van der Waals surface area contributed by atoms with Gasteiger partial charge in [-0.2, -0.15) is 11.8 Å². The topological polar surface area (TPSA) is 284 Å². The number of amides is 4. The summed E-state index contributed by atoms with van der Waals surface area (Å²) in [7, 11) is -5.99. The molecule has 0 radical (unpaired) electrons. The van der Waals surface area contributed by atoms with Gasteiger partial charge in [0, 0.05) is 70.8 Å². The lowest BCUT2D eigenvalue weighted by molar-refractivity contribution is -0.135. The fourth-order valence-electron chi connectivity index (χ4n) is 11.3. The zero-order valence-electron chi connectivity index (χ0n) is 47.6. The predicted octanol–water partition coefficient (Wildman–Crippen LogP) is 0.500. The minimum atomic E-state index is -3.16. The quantitative estimate of drug-likeness (QED) is 0.194. The van der Waals surface area contributed by atoms with Crippen molar-refractivity contribution in [1.82, 2.24) is 40.9 Å². The van der Waals surface area contributed by atoms with Gasteiger partial charge in [0.25, 0.3) is 0 Å². The molecule has 0 spiro atoms. The molecule has 1 saturated carbocycles. The van der Waals surface area contributed by atoms with Crippen molar-refractivity contribution in [3.05, 3.63) is 0 Å². The number of thioether (sulfide) groups is 1. The van der Waals surface area contributed by atoms with Gasteiger partial charge in [-0.1, -0.05) is 51.4 Å². The van der Waals surface area contributed by atoms with Crippen LogP contribution in [-0.2, 0) is 68.0 Å². The van der Waals surface area contributed by atoms with Crippen molar-refractivity contribution in [2.75, 3.05) is 146 Å². The second-order valence-electron chi connectivity index (χ2n) is 22.5. The summed E-state index contributed by atoms with van der Waals surface area (Å²) in [6.07, 6.45) is 19.8. The van der Waals surface area contributed by atoms with Gasteiger partial charge >= 0.3 is 0 Å². The van der Waals surface area contributed by atoms with E-state index in [9.17, 15) is 52.8 Å². The molecule has 4 amide bonds. The molecule has 0 aromatic heterocycles. The van der Waals surface area contributed by atoms with Gasteiger partial charge in [0.15, 0.2) is 39.3 Å². The fourth-order valence-corrected chi connectivity index (χ4v) is 18.6. The lowest BCUT2D eigenvalue weighted by atomic mass is 9.99. The Morgan fingerprint density at radius 2 is 0.722 bits per heavy atom. The van der Waals surface area contributed by atoms with Crippen LogP contribution >= 0.6 is 11.8 Å². The number of rotatable bonds is 12. The zero-order valence-corrected chi connectivity index (χ0v) is 51.7.